The number of nitrogens with one attached hydrogen (secondary N) is 1. The molecule has 1 aromatic rings. The number of sulfonamides is 1. The molecular weight excluding hydrogens is 327 g/mol. The molecule has 0 bridgehead atoms. The molecule has 0 fully saturated rings. The van der Waals surface area contributed by atoms with Crippen molar-refractivity contribution in [2.45, 2.75) is 0 Å². The fourth-order valence-electron chi connectivity index (χ4n) is 1.23. The molecule has 0 spiro atoms. The Hall–Kier alpha value is -1.26. The lowest BCUT2D eigenvalue weighted by atomic mass is 10.2. The quantitative estimate of drug-likeness (QED) is 0.719. The first-order valence-corrected chi connectivity index (χ1v) is 9.40. The van der Waals surface area contributed by atoms with Crippen molar-refractivity contribution in [2.75, 3.05) is 22.5 Å². The van der Waals surface area contributed by atoms with Crippen LogP contribution in [0.1, 0.15) is 5.56 Å². The summed E-state index contributed by atoms with van der Waals surface area (Å²) in [5.74, 6) is -2.05. The maximum Gasteiger partial charge on any atom is 0.233 e. The van der Waals surface area contributed by atoms with Crippen molar-refractivity contribution in [1.29, 1.82) is 0 Å². The zero-order valence-corrected chi connectivity index (χ0v) is 12.9. The van der Waals surface area contributed by atoms with E-state index in [1.807, 2.05) is 4.72 Å². The summed E-state index contributed by atoms with van der Waals surface area (Å²) < 4.78 is 60.7. The van der Waals surface area contributed by atoms with Crippen molar-refractivity contribution in [3.63, 3.8) is 0 Å². The predicted molar refractivity (Wildman–Crippen MR) is 79.4 cm³/mol. The predicted octanol–water partition coefficient (Wildman–Crippen LogP) is 0.246. The molecule has 6 nitrogen and oxygen atoms in total. The van der Waals surface area contributed by atoms with Crippen LogP contribution in [0.15, 0.2) is 18.2 Å². The van der Waals surface area contributed by atoms with Gasteiger partial charge in [0.1, 0.15) is 20.6 Å². The van der Waals surface area contributed by atoms with E-state index in [0.29, 0.717) is 0 Å². The lowest BCUT2D eigenvalue weighted by molar-refractivity contribution is 0.592. The first kappa shape index (κ1) is 16.8. The van der Waals surface area contributed by atoms with Crippen LogP contribution >= 0.6 is 12.2 Å². The van der Waals surface area contributed by atoms with Gasteiger partial charge in [0, 0.05) is 11.8 Å². The lowest BCUT2D eigenvalue weighted by Crippen LogP contribution is -2.23. The second kappa shape index (κ2) is 6.02. The van der Waals surface area contributed by atoms with Gasteiger partial charge in [-0.05, 0) is 18.2 Å². The molecule has 0 aliphatic carbocycles. The molecule has 0 radical (unpaired) electrons. The second-order valence-corrected chi connectivity index (χ2v) is 8.65. The van der Waals surface area contributed by atoms with Gasteiger partial charge in [-0.1, -0.05) is 12.2 Å². The van der Waals surface area contributed by atoms with Crippen molar-refractivity contribution in [1.82, 2.24) is 0 Å². The van der Waals surface area contributed by atoms with Crippen molar-refractivity contribution in [2.24, 2.45) is 5.73 Å². The molecule has 0 amide bonds. The smallest absolute Gasteiger partial charge is 0.233 e. The van der Waals surface area contributed by atoms with Crippen LogP contribution in [-0.4, -0.2) is 39.6 Å². The molecule has 1 aromatic carbocycles. The van der Waals surface area contributed by atoms with E-state index in [-0.39, 0.29) is 16.2 Å². The maximum atomic E-state index is 13.7. The number of nitrogens with two attached hydrogens (primary N) is 1. The highest BCUT2D eigenvalue weighted by Gasteiger charge is 2.16. The summed E-state index contributed by atoms with van der Waals surface area (Å²) in [5, 5.41) is 0. The van der Waals surface area contributed by atoms with Gasteiger partial charge in [0.05, 0.1) is 17.2 Å². The lowest BCUT2D eigenvalue weighted by Gasteiger charge is -2.09. The third-order valence-corrected chi connectivity index (χ3v) is 4.95. The molecule has 20 heavy (non-hydrogen) atoms. The van der Waals surface area contributed by atoms with Crippen LogP contribution in [0.5, 0.6) is 0 Å². The van der Waals surface area contributed by atoms with Crippen LogP contribution < -0.4 is 10.5 Å². The molecule has 112 valence electrons. The monoisotopic (exact) mass is 340 g/mol. The Bertz CT molecular complexity index is 729. The van der Waals surface area contributed by atoms with Gasteiger partial charge in [-0.3, -0.25) is 4.72 Å². The fourth-order valence-corrected chi connectivity index (χ4v) is 4.05. The van der Waals surface area contributed by atoms with Gasteiger partial charge in [0.25, 0.3) is 0 Å². The van der Waals surface area contributed by atoms with E-state index in [9.17, 15) is 21.2 Å². The Morgan fingerprint density at radius 1 is 1.30 bits per heavy atom. The number of thiocarbonyl (C=S) groups is 1. The SMILES string of the molecule is CS(=O)(=O)CCS(=O)(=O)Nc1ccc(C(N)=S)cc1F. The van der Waals surface area contributed by atoms with E-state index in [0.717, 1.165) is 12.3 Å². The number of anilines is 1. The van der Waals surface area contributed by atoms with E-state index >= 15 is 0 Å². The Balaban J connectivity index is 2.90. The van der Waals surface area contributed by atoms with Crippen molar-refractivity contribution < 1.29 is 21.2 Å². The Morgan fingerprint density at radius 3 is 2.35 bits per heavy atom. The van der Waals surface area contributed by atoms with Crippen molar-refractivity contribution in [3.8, 4) is 0 Å². The van der Waals surface area contributed by atoms with Crippen molar-refractivity contribution in [3.05, 3.63) is 29.6 Å². The molecule has 0 aromatic heterocycles. The van der Waals surface area contributed by atoms with E-state index in [1.165, 1.54) is 12.1 Å². The summed E-state index contributed by atoms with van der Waals surface area (Å²) in [6.45, 7) is 0. The van der Waals surface area contributed by atoms with Crippen LogP contribution in [0.4, 0.5) is 10.1 Å². The molecule has 3 N–H and O–H groups in total. The standard InChI is InChI=1S/C10H13FN2O4S3/c1-19(14,15)4-5-20(16,17)13-9-3-2-7(10(12)18)6-8(9)11/h2-3,6,13H,4-5H2,1H3,(H2,12,18). The first-order valence-electron chi connectivity index (χ1n) is 5.28. The molecule has 0 heterocycles. The highest BCUT2D eigenvalue weighted by Crippen LogP contribution is 2.17. The van der Waals surface area contributed by atoms with Gasteiger partial charge in [0.15, 0.2) is 0 Å². The number of hydrogen-bond acceptors (Lipinski definition) is 5. The summed E-state index contributed by atoms with van der Waals surface area (Å²) in [6.07, 6.45) is 0.917. The Morgan fingerprint density at radius 2 is 1.90 bits per heavy atom. The topological polar surface area (TPSA) is 106 Å². The summed E-state index contributed by atoms with van der Waals surface area (Å²) in [5.41, 5.74) is 5.28. The van der Waals surface area contributed by atoms with Crippen LogP contribution in [0.3, 0.4) is 0 Å². The molecule has 1 rings (SSSR count). The zero-order valence-electron chi connectivity index (χ0n) is 10.5. The largest absolute Gasteiger partial charge is 0.389 e. The van der Waals surface area contributed by atoms with Gasteiger partial charge in [-0.2, -0.15) is 0 Å². The molecule has 10 heteroatoms. The summed E-state index contributed by atoms with van der Waals surface area (Å²) >= 11 is 4.66. The van der Waals surface area contributed by atoms with E-state index in [4.69, 9.17) is 5.73 Å². The molecule has 0 atom stereocenters. The number of hydrogen-bond donors (Lipinski definition) is 2. The minimum Gasteiger partial charge on any atom is -0.389 e. The number of sulfone groups is 1. The number of halogens is 1. The molecule has 0 saturated heterocycles. The van der Waals surface area contributed by atoms with Crippen LogP contribution in [0, 0.1) is 5.82 Å². The second-order valence-electron chi connectivity index (χ2n) is 4.11. The van der Waals surface area contributed by atoms with Crippen LogP contribution in [0.25, 0.3) is 0 Å². The highest BCUT2D eigenvalue weighted by molar-refractivity contribution is 7.95. The summed E-state index contributed by atoms with van der Waals surface area (Å²) in [6, 6.07) is 3.53. The molecule has 0 aliphatic heterocycles. The average Bonchev–Trinajstić information content (AvgIpc) is 2.28. The fraction of sp³-hybridized carbons (Fsp3) is 0.300. The molecule has 0 saturated carbocycles. The van der Waals surface area contributed by atoms with Crippen molar-refractivity contribution >= 4 is 42.8 Å². The zero-order chi connectivity index (χ0) is 15.6. The van der Waals surface area contributed by atoms with Gasteiger partial charge in [0.2, 0.25) is 10.0 Å². The summed E-state index contributed by atoms with van der Waals surface area (Å²) in [7, 11) is -7.38. The summed E-state index contributed by atoms with van der Waals surface area (Å²) in [4.78, 5) is -0.0182. The molecule has 0 unspecified atom stereocenters. The van der Waals surface area contributed by atoms with Gasteiger partial charge in [-0.25, -0.2) is 21.2 Å². The third kappa shape index (κ3) is 5.39. The average molecular weight is 340 g/mol. The van der Waals surface area contributed by atoms with E-state index in [2.05, 4.69) is 12.2 Å². The maximum absolute atomic E-state index is 13.7. The third-order valence-electron chi connectivity index (χ3n) is 2.24. The first-order chi connectivity index (χ1) is 9.00. The van der Waals surface area contributed by atoms with E-state index < -0.39 is 37.2 Å². The number of rotatable bonds is 6. The van der Waals surface area contributed by atoms with Gasteiger partial charge >= 0.3 is 0 Å². The van der Waals surface area contributed by atoms with E-state index in [1.54, 1.807) is 0 Å². The highest BCUT2D eigenvalue weighted by atomic mass is 32.2. The van der Waals surface area contributed by atoms with Gasteiger partial charge in [-0.15, -0.1) is 0 Å². The molecular formula is C10H13FN2O4S3. The van der Waals surface area contributed by atoms with Gasteiger partial charge < -0.3 is 5.73 Å². The Labute approximate surface area is 122 Å². The minimum atomic E-state index is -3.96. The van der Waals surface area contributed by atoms with Crippen LogP contribution in [0.2, 0.25) is 0 Å². The molecule has 0 aliphatic rings. The van der Waals surface area contributed by atoms with Crippen LogP contribution in [-0.2, 0) is 19.9 Å². The normalized spacial score (nSPS) is 12.1. The number of benzene rings is 1. The minimum absolute atomic E-state index is 0.0182. The Kier molecular flexibility index (Phi) is 5.05.